The molecule has 0 radical (unpaired) electrons. The van der Waals surface area contributed by atoms with Gasteiger partial charge in [-0.3, -0.25) is 4.79 Å². The summed E-state index contributed by atoms with van der Waals surface area (Å²) in [4.78, 5) is 24.3. The van der Waals surface area contributed by atoms with Gasteiger partial charge in [0.15, 0.2) is 0 Å². The summed E-state index contributed by atoms with van der Waals surface area (Å²) in [6.45, 7) is 4.38. The fourth-order valence-corrected chi connectivity index (χ4v) is 2.17. The molecule has 1 aromatic carbocycles. The van der Waals surface area contributed by atoms with Gasteiger partial charge in [0.25, 0.3) is 0 Å². The van der Waals surface area contributed by atoms with Crippen LogP contribution in [0.1, 0.15) is 24.2 Å². The second-order valence-electron chi connectivity index (χ2n) is 5.26. The summed E-state index contributed by atoms with van der Waals surface area (Å²) >= 11 is 0. The van der Waals surface area contributed by atoms with Crippen LogP contribution in [0.15, 0.2) is 24.3 Å². The molecule has 114 valence electrons. The third-order valence-electron chi connectivity index (χ3n) is 3.71. The second-order valence-corrected chi connectivity index (χ2v) is 5.26. The van der Waals surface area contributed by atoms with E-state index in [-0.39, 0.29) is 25.2 Å². The molecule has 1 saturated heterocycles. The standard InChI is InChI=1S/C15H20N2O4/c1-3-21-13(18)10-6-4-5-7-11(10)17-14(19)15(2)9-20-8-12(15)16/h4-7,12H,3,8-9,16H2,1-2H3,(H,17,19). The highest BCUT2D eigenvalue weighted by atomic mass is 16.5. The van der Waals surface area contributed by atoms with Crippen molar-refractivity contribution in [3.8, 4) is 0 Å². The number of hydrogen-bond donors (Lipinski definition) is 2. The number of hydrogen-bond acceptors (Lipinski definition) is 5. The topological polar surface area (TPSA) is 90.6 Å². The molecule has 1 amide bonds. The highest BCUT2D eigenvalue weighted by molar-refractivity contribution is 6.03. The van der Waals surface area contributed by atoms with E-state index in [1.165, 1.54) is 0 Å². The van der Waals surface area contributed by atoms with Gasteiger partial charge >= 0.3 is 5.97 Å². The van der Waals surface area contributed by atoms with Crippen LogP contribution in [0.25, 0.3) is 0 Å². The van der Waals surface area contributed by atoms with Gasteiger partial charge in [0, 0.05) is 6.04 Å². The first kappa shape index (κ1) is 15.5. The molecule has 0 spiro atoms. The van der Waals surface area contributed by atoms with Crippen LogP contribution in [0.3, 0.4) is 0 Å². The molecule has 1 fully saturated rings. The predicted molar refractivity (Wildman–Crippen MR) is 77.9 cm³/mol. The summed E-state index contributed by atoms with van der Waals surface area (Å²) in [6.07, 6.45) is 0. The molecule has 0 aliphatic carbocycles. The zero-order chi connectivity index (χ0) is 15.5. The lowest BCUT2D eigenvalue weighted by Crippen LogP contribution is -2.47. The minimum absolute atomic E-state index is 0.260. The van der Waals surface area contributed by atoms with Crippen LogP contribution in [0.2, 0.25) is 0 Å². The van der Waals surface area contributed by atoms with Gasteiger partial charge in [0.05, 0.1) is 36.5 Å². The molecule has 2 atom stereocenters. The quantitative estimate of drug-likeness (QED) is 0.813. The zero-order valence-electron chi connectivity index (χ0n) is 12.2. The molecule has 1 aliphatic heterocycles. The van der Waals surface area contributed by atoms with E-state index in [2.05, 4.69) is 5.32 Å². The van der Waals surface area contributed by atoms with Gasteiger partial charge in [-0.1, -0.05) is 12.1 Å². The van der Waals surface area contributed by atoms with Gasteiger partial charge in [0.1, 0.15) is 0 Å². The molecule has 6 heteroatoms. The van der Waals surface area contributed by atoms with Gasteiger partial charge in [-0.25, -0.2) is 4.79 Å². The lowest BCUT2D eigenvalue weighted by Gasteiger charge is -2.25. The Hall–Kier alpha value is -1.92. The normalized spacial score (nSPS) is 24.6. The number of ether oxygens (including phenoxy) is 2. The van der Waals surface area contributed by atoms with Crippen molar-refractivity contribution in [1.82, 2.24) is 0 Å². The monoisotopic (exact) mass is 292 g/mol. The van der Waals surface area contributed by atoms with Crippen molar-refractivity contribution in [1.29, 1.82) is 0 Å². The number of nitrogens with one attached hydrogen (secondary N) is 1. The number of carbonyl (C=O) groups excluding carboxylic acids is 2. The molecule has 0 bridgehead atoms. The number of anilines is 1. The van der Waals surface area contributed by atoms with Crippen LogP contribution >= 0.6 is 0 Å². The van der Waals surface area contributed by atoms with E-state index in [0.29, 0.717) is 17.9 Å². The van der Waals surface area contributed by atoms with E-state index >= 15 is 0 Å². The summed E-state index contributed by atoms with van der Waals surface area (Å²) in [7, 11) is 0. The van der Waals surface area contributed by atoms with Crippen molar-refractivity contribution < 1.29 is 19.1 Å². The maximum absolute atomic E-state index is 12.5. The third-order valence-corrected chi connectivity index (χ3v) is 3.71. The van der Waals surface area contributed by atoms with E-state index < -0.39 is 11.4 Å². The average molecular weight is 292 g/mol. The largest absolute Gasteiger partial charge is 0.462 e. The molecule has 3 N–H and O–H groups in total. The first-order valence-corrected chi connectivity index (χ1v) is 6.90. The van der Waals surface area contributed by atoms with Crippen LogP contribution in [0, 0.1) is 5.41 Å². The van der Waals surface area contributed by atoms with Crippen LogP contribution in [-0.2, 0) is 14.3 Å². The number of esters is 1. The third kappa shape index (κ3) is 3.06. The second kappa shape index (κ2) is 6.24. The van der Waals surface area contributed by atoms with E-state index in [0.717, 1.165) is 0 Å². The molecule has 6 nitrogen and oxygen atoms in total. The maximum Gasteiger partial charge on any atom is 0.340 e. The van der Waals surface area contributed by atoms with Crippen molar-refractivity contribution in [3.05, 3.63) is 29.8 Å². The minimum atomic E-state index is -0.804. The molecule has 21 heavy (non-hydrogen) atoms. The Morgan fingerprint density at radius 1 is 1.48 bits per heavy atom. The summed E-state index contributed by atoms with van der Waals surface area (Å²) in [5.41, 5.74) is 5.87. The SMILES string of the molecule is CCOC(=O)c1ccccc1NC(=O)C1(C)COCC1N. The van der Waals surface area contributed by atoms with Crippen molar-refractivity contribution >= 4 is 17.6 Å². The van der Waals surface area contributed by atoms with E-state index in [4.69, 9.17) is 15.2 Å². The molecule has 1 aromatic rings. The molecule has 0 saturated carbocycles. The van der Waals surface area contributed by atoms with E-state index in [1.54, 1.807) is 38.1 Å². The minimum Gasteiger partial charge on any atom is -0.462 e. The van der Waals surface area contributed by atoms with Gasteiger partial charge in [-0.15, -0.1) is 0 Å². The molecule has 1 aliphatic rings. The highest BCUT2D eigenvalue weighted by Gasteiger charge is 2.44. The Morgan fingerprint density at radius 2 is 2.19 bits per heavy atom. The molecular formula is C15H20N2O4. The lowest BCUT2D eigenvalue weighted by molar-refractivity contribution is -0.125. The predicted octanol–water partition coefficient (Wildman–Crippen LogP) is 1.17. The molecular weight excluding hydrogens is 272 g/mol. The number of carbonyl (C=O) groups is 2. The fraction of sp³-hybridized carbons (Fsp3) is 0.467. The number of nitrogens with two attached hydrogens (primary N) is 1. The summed E-state index contributed by atoms with van der Waals surface area (Å²) in [5.74, 6) is -0.727. The number of rotatable bonds is 4. The average Bonchev–Trinajstić information content (AvgIpc) is 2.81. The summed E-state index contributed by atoms with van der Waals surface area (Å²) in [6, 6.07) is 6.36. The molecule has 2 unspecified atom stereocenters. The van der Waals surface area contributed by atoms with Gasteiger partial charge < -0.3 is 20.5 Å². The highest BCUT2D eigenvalue weighted by Crippen LogP contribution is 2.29. The van der Waals surface area contributed by atoms with E-state index in [9.17, 15) is 9.59 Å². The molecule has 0 aromatic heterocycles. The van der Waals surface area contributed by atoms with Gasteiger partial charge in [-0.2, -0.15) is 0 Å². The van der Waals surface area contributed by atoms with Crippen molar-refractivity contribution in [2.45, 2.75) is 19.9 Å². The van der Waals surface area contributed by atoms with Crippen LogP contribution < -0.4 is 11.1 Å². The Bertz CT molecular complexity index is 546. The Labute approximate surface area is 123 Å². The number of amides is 1. The molecule has 2 rings (SSSR count). The number of para-hydroxylation sites is 1. The van der Waals surface area contributed by atoms with Gasteiger partial charge in [-0.05, 0) is 26.0 Å². The van der Waals surface area contributed by atoms with Crippen molar-refractivity contribution in [3.63, 3.8) is 0 Å². The smallest absolute Gasteiger partial charge is 0.340 e. The Kier molecular flexibility index (Phi) is 4.59. The maximum atomic E-state index is 12.5. The summed E-state index contributed by atoms with van der Waals surface area (Å²) < 4.78 is 10.3. The van der Waals surface area contributed by atoms with E-state index in [1.807, 2.05) is 0 Å². The lowest BCUT2D eigenvalue weighted by atomic mass is 9.84. The fourth-order valence-electron chi connectivity index (χ4n) is 2.17. The van der Waals surface area contributed by atoms with Crippen molar-refractivity contribution in [2.75, 3.05) is 25.1 Å². The van der Waals surface area contributed by atoms with Crippen LogP contribution in [-0.4, -0.2) is 37.7 Å². The first-order valence-electron chi connectivity index (χ1n) is 6.90. The van der Waals surface area contributed by atoms with Crippen LogP contribution in [0.5, 0.6) is 0 Å². The van der Waals surface area contributed by atoms with Gasteiger partial charge in [0.2, 0.25) is 5.91 Å². The van der Waals surface area contributed by atoms with Crippen molar-refractivity contribution in [2.24, 2.45) is 11.1 Å². The Balaban J connectivity index is 2.20. The number of benzene rings is 1. The first-order chi connectivity index (χ1) is 9.99. The van der Waals surface area contributed by atoms with Crippen LogP contribution in [0.4, 0.5) is 5.69 Å². The molecule has 1 heterocycles. The zero-order valence-corrected chi connectivity index (χ0v) is 12.2. The Morgan fingerprint density at radius 3 is 2.81 bits per heavy atom. The summed E-state index contributed by atoms with van der Waals surface area (Å²) in [5, 5.41) is 2.76.